The van der Waals surface area contributed by atoms with E-state index in [0.29, 0.717) is 5.56 Å². The molecule has 3 heteroatoms. The minimum atomic E-state index is -1.10. The number of hydrogen-bond donors (Lipinski definition) is 3. The van der Waals surface area contributed by atoms with Crippen LogP contribution < -0.4 is 5.73 Å². The molecular weight excluding hydrogens is 142 g/mol. The SMILES string of the molecule is Cc1ccc(O)c(C(N)O)c1. The van der Waals surface area contributed by atoms with Crippen LogP contribution in [0.3, 0.4) is 0 Å². The van der Waals surface area contributed by atoms with E-state index in [4.69, 9.17) is 15.9 Å². The van der Waals surface area contributed by atoms with Gasteiger partial charge in [-0.25, -0.2) is 0 Å². The molecule has 11 heavy (non-hydrogen) atoms. The highest BCUT2D eigenvalue weighted by Gasteiger charge is 2.06. The minimum Gasteiger partial charge on any atom is -0.508 e. The molecule has 3 nitrogen and oxygen atoms in total. The molecule has 1 atom stereocenters. The van der Waals surface area contributed by atoms with Crippen LogP contribution in [0, 0.1) is 6.92 Å². The molecule has 1 aromatic rings. The molecule has 0 aliphatic rings. The van der Waals surface area contributed by atoms with E-state index in [9.17, 15) is 0 Å². The van der Waals surface area contributed by atoms with E-state index in [-0.39, 0.29) is 5.75 Å². The monoisotopic (exact) mass is 153 g/mol. The number of benzene rings is 1. The summed E-state index contributed by atoms with van der Waals surface area (Å²) in [5, 5.41) is 18.1. The Morgan fingerprint density at radius 1 is 1.45 bits per heavy atom. The van der Waals surface area contributed by atoms with Gasteiger partial charge in [0.15, 0.2) is 0 Å². The second kappa shape index (κ2) is 2.90. The van der Waals surface area contributed by atoms with Crippen LogP contribution in [-0.2, 0) is 0 Å². The summed E-state index contributed by atoms with van der Waals surface area (Å²) in [6, 6.07) is 4.92. The van der Waals surface area contributed by atoms with Gasteiger partial charge >= 0.3 is 0 Å². The highest BCUT2D eigenvalue weighted by atomic mass is 16.3. The third kappa shape index (κ3) is 1.69. The number of rotatable bonds is 1. The van der Waals surface area contributed by atoms with Crippen molar-refractivity contribution in [1.29, 1.82) is 0 Å². The van der Waals surface area contributed by atoms with Crippen molar-refractivity contribution < 1.29 is 10.2 Å². The second-order valence-corrected chi connectivity index (χ2v) is 2.51. The third-order valence-corrected chi connectivity index (χ3v) is 1.50. The Morgan fingerprint density at radius 3 is 2.55 bits per heavy atom. The highest BCUT2D eigenvalue weighted by molar-refractivity contribution is 5.36. The van der Waals surface area contributed by atoms with Gasteiger partial charge in [0.2, 0.25) is 0 Å². The molecule has 0 fully saturated rings. The Hall–Kier alpha value is -1.06. The molecule has 0 heterocycles. The second-order valence-electron chi connectivity index (χ2n) is 2.51. The van der Waals surface area contributed by atoms with Crippen LogP contribution in [0.25, 0.3) is 0 Å². The highest BCUT2D eigenvalue weighted by Crippen LogP contribution is 2.21. The molecule has 1 aromatic carbocycles. The lowest BCUT2D eigenvalue weighted by atomic mass is 10.1. The lowest BCUT2D eigenvalue weighted by Gasteiger charge is -2.07. The van der Waals surface area contributed by atoms with Gasteiger partial charge in [-0.1, -0.05) is 11.6 Å². The summed E-state index contributed by atoms with van der Waals surface area (Å²) < 4.78 is 0. The summed E-state index contributed by atoms with van der Waals surface area (Å²) in [7, 11) is 0. The lowest BCUT2D eigenvalue weighted by molar-refractivity contribution is 0.182. The Bertz CT molecular complexity index is 258. The number of hydrogen-bond acceptors (Lipinski definition) is 3. The summed E-state index contributed by atoms with van der Waals surface area (Å²) in [5.74, 6) is 0.0330. The van der Waals surface area contributed by atoms with Gasteiger partial charge in [-0.15, -0.1) is 0 Å². The van der Waals surface area contributed by atoms with Crippen LogP contribution in [0.15, 0.2) is 18.2 Å². The predicted octanol–water partition coefficient (Wildman–Crippen LogP) is 0.650. The van der Waals surface area contributed by atoms with E-state index in [0.717, 1.165) is 5.56 Å². The van der Waals surface area contributed by atoms with Crippen LogP contribution in [0.1, 0.15) is 17.4 Å². The van der Waals surface area contributed by atoms with Crippen molar-refractivity contribution >= 4 is 0 Å². The number of nitrogens with two attached hydrogens (primary N) is 1. The molecule has 0 amide bonds. The maximum atomic E-state index is 9.17. The maximum absolute atomic E-state index is 9.17. The molecule has 0 aromatic heterocycles. The number of phenols is 1. The average molecular weight is 153 g/mol. The molecule has 0 spiro atoms. The van der Waals surface area contributed by atoms with Gasteiger partial charge in [0.25, 0.3) is 0 Å². The molecule has 4 N–H and O–H groups in total. The summed E-state index contributed by atoms with van der Waals surface area (Å²) in [6.07, 6.45) is -1.10. The van der Waals surface area contributed by atoms with E-state index in [2.05, 4.69) is 0 Å². The molecule has 60 valence electrons. The van der Waals surface area contributed by atoms with Crippen LogP contribution in [0.4, 0.5) is 0 Å². The molecular formula is C8H11NO2. The van der Waals surface area contributed by atoms with E-state index in [1.807, 2.05) is 6.92 Å². The smallest absolute Gasteiger partial charge is 0.132 e. The maximum Gasteiger partial charge on any atom is 0.132 e. The largest absolute Gasteiger partial charge is 0.508 e. The topological polar surface area (TPSA) is 66.5 Å². The molecule has 0 bridgehead atoms. The van der Waals surface area contributed by atoms with Crippen molar-refractivity contribution in [2.24, 2.45) is 5.73 Å². The summed E-state index contributed by atoms with van der Waals surface area (Å²) in [6.45, 7) is 1.87. The Balaban J connectivity index is 3.13. The molecule has 0 saturated heterocycles. The first-order valence-corrected chi connectivity index (χ1v) is 3.34. The fourth-order valence-electron chi connectivity index (χ4n) is 0.911. The molecule has 0 saturated carbocycles. The van der Waals surface area contributed by atoms with Crippen LogP contribution >= 0.6 is 0 Å². The predicted molar refractivity (Wildman–Crippen MR) is 42.0 cm³/mol. The first-order chi connectivity index (χ1) is 5.11. The molecule has 1 rings (SSSR count). The van der Waals surface area contributed by atoms with Crippen molar-refractivity contribution in [2.75, 3.05) is 0 Å². The van der Waals surface area contributed by atoms with Gasteiger partial charge in [0, 0.05) is 5.56 Å². The Morgan fingerprint density at radius 2 is 2.09 bits per heavy atom. The van der Waals surface area contributed by atoms with Gasteiger partial charge in [0.05, 0.1) is 0 Å². The number of aliphatic hydroxyl groups excluding tert-OH is 1. The van der Waals surface area contributed by atoms with E-state index in [1.165, 1.54) is 6.07 Å². The van der Waals surface area contributed by atoms with E-state index >= 15 is 0 Å². The number of aromatic hydroxyl groups is 1. The zero-order valence-corrected chi connectivity index (χ0v) is 6.28. The first kappa shape index (κ1) is 8.04. The van der Waals surface area contributed by atoms with Gasteiger partial charge < -0.3 is 15.9 Å². The lowest BCUT2D eigenvalue weighted by Crippen LogP contribution is -2.08. The number of aliphatic hydroxyl groups is 1. The summed E-state index contributed by atoms with van der Waals surface area (Å²) in [5.41, 5.74) is 6.51. The molecule has 0 aliphatic heterocycles. The van der Waals surface area contributed by atoms with Gasteiger partial charge in [-0.3, -0.25) is 0 Å². The third-order valence-electron chi connectivity index (χ3n) is 1.50. The zero-order chi connectivity index (χ0) is 8.43. The molecule has 0 aliphatic carbocycles. The average Bonchev–Trinajstić information content (AvgIpc) is 1.94. The van der Waals surface area contributed by atoms with Gasteiger partial charge in [-0.2, -0.15) is 0 Å². The minimum absolute atomic E-state index is 0.0330. The number of aryl methyl sites for hydroxylation is 1. The zero-order valence-electron chi connectivity index (χ0n) is 6.28. The van der Waals surface area contributed by atoms with E-state index < -0.39 is 6.23 Å². The molecule has 0 radical (unpaired) electrons. The van der Waals surface area contributed by atoms with Crippen LogP contribution in [-0.4, -0.2) is 10.2 Å². The van der Waals surface area contributed by atoms with Crippen molar-refractivity contribution in [3.05, 3.63) is 29.3 Å². The van der Waals surface area contributed by atoms with Crippen LogP contribution in [0.2, 0.25) is 0 Å². The Labute approximate surface area is 65.1 Å². The van der Waals surface area contributed by atoms with E-state index in [1.54, 1.807) is 12.1 Å². The van der Waals surface area contributed by atoms with Crippen molar-refractivity contribution in [1.82, 2.24) is 0 Å². The fraction of sp³-hybridized carbons (Fsp3) is 0.250. The van der Waals surface area contributed by atoms with Crippen molar-refractivity contribution in [3.63, 3.8) is 0 Å². The quantitative estimate of drug-likeness (QED) is 0.519. The van der Waals surface area contributed by atoms with Gasteiger partial charge in [-0.05, 0) is 19.1 Å². The number of phenolic OH excluding ortho intramolecular Hbond substituents is 1. The fourth-order valence-corrected chi connectivity index (χ4v) is 0.911. The Kier molecular flexibility index (Phi) is 2.12. The van der Waals surface area contributed by atoms with Gasteiger partial charge in [0.1, 0.15) is 12.0 Å². The van der Waals surface area contributed by atoms with Crippen molar-refractivity contribution in [3.8, 4) is 5.75 Å². The normalized spacial score (nSPS) is 13.0. The standard InChI is InChI=1S/C8H11NO2/c1-5-2-3-7(10)6(4-5)8(9)11/h2-4,8,10-11H,9H2,1H3. The summed E-state index contributed by atoms with van der Waals surface area (Å²) >= 11 is 0. The van der Waals surface area contributed by atoms with Crippen LogP contribution in [0.5, 0.6) is 5.75 Å². The molecule has 1 unspecified atom stereocenters. The summed E-state index contributed by atoms with van der Waals surface area (Å²) in [4.78, 5) is 0. The first-order valence-electron chi connectivity index (χ1n) is 3.34. The van der Waals surface area contributed by atoms with Crippen molar-refractivity contribution in [2.45, 2.75) is 13.2 Å².